The highest BCUT2D eigenvalue weighted by Gasteiger charge is 2.31. The molecule has 2 rings (SSSR count). The molecule has 24 heavy (non-hydrogen) atoms. The Morgan fingerprint density at radius 1 is 1.04 bits per heavy atom. The first-order valence-corrected chi connectivity index (χ1v) is 8.05. The first kappa shape index (κ1) is 18.0. The van der Waals surface area contributed by atoms with E-state index in [1.807, 2.05) is 4.72 Å². The van der Waals surface area contributed by atoms with Gasteiger partial charge in [0.15, 0.2) is 17.5 Å². The van der Waals surface area contributed by atoms with Crippen LogP contribution in [0.15, 0.2) is 47.4 Å². The molecule has 0 aliphatic heterocycles. The average molecular weight is 359 g/mol. The number of benzene rings is 2. The molecular formula is C15H12F3NO4S. The zero-order valence-corrected chi connectivity index (χ0v) is 13.1. The van der Waals surface area contributed by atoms with Crippen molar-refractivity contribution in [3.8, 4) is 0 Å². The van der Waals surface area contributed by atoms with Crippen LogP contribution in [-0.4, -0.2) is 21.5 Å². The first-order chi connectivity index (χ1) is 11.3. The Labute approximate surface area is 136 Å². The molecule has 5 nitrogen and oxygen atoms in total. The topological polar surface area (TPSA) is 72.5 Å². The van der Waals surface area contributed by atoms with Crippen molar-refractivity contribution in [2.24, 2.45) is 0 Å². The van der Waals surface area contributed by atoms with Gasteiger partial charge in [0.2, 0.25) is 10.0 Å². The van der Waals surface area contributed by atoms with Crippen LogP contribution in [0.4, 0.5) is 13.2 Å². The van der Waals surface area contributed by atoms with Crippen molar-refractivity contribution in [1.29, 1.82) is 0 Å². The van der Waals surface area contributed by atoms with Crippen LogP contribution in [0.5, 0.6) is 0 Å². The van der Waals surface area contributed by atoms with Crippen LogP contribution in [0.3, 0.4) is 0 Å². The SMILES string of the molecule is COC(=O)C(NS(=O)(=O)c1ccc(F)c(F)c1F)c1ccccc1. The number of rotatable bonds is 5. The molecule has 9 heteroatoms. The Morgan fingerprint density at radius 3 is 2.25 bits per heavy atom. The predicted molar refractivity (Wildman–Crippen MR) is 77.8 cm³/mol. The number of hydrogen-bond donors (Lipinski definition) is 1. The fraction of sp³-hybridized carbons (Fsp3) is 0.133. The molecule has 1 N–H and O–H groups in total. The number of carbonyl (C=O) groups is 1. The van der Waals surface area contributed by atoms with E-state index in [2.05, 4.69) is 4.74 Å². The molecule has 0 aliphatic rings. The summed E-state index contributed by atoms with van der Waals surface area (Å²) in [5, 5.41) is 0. The van der Waals surface area contributed by atoms with Gasteiger partial charge in [-0.3, -0.25) is 0 Å². The summed E-state index contributed by atoms with van der Waals surface area (Å²) in [4.78, 5) is 10.7. The number of carbonyl (C=O) groups excluding carboxylic acids is 1. The molecule has 0 bridgehead atoms. The molecule has 0 radical (unpaired) electrons. The van der Waals surface area contributed by atoms with Crippen molar-refractivity contribution in [2.45, 2.75) is 10.9 Å². The van der Waals surface area contributed by atoms with Gasteiger partial charge in [-0.25, -0.2) is 26.4 Å². The van der Waals surface area contributed by atoms with E-state index in [0.29, 0.717) is 12.1 Å². The van der Waals surface area contributed by atoms with E-state index in [1.54, 1.807) is 18.2 Å². The highest BCUT2D eigenvalue weighted by Crippen LogP contribution is 2.23. The number of hydrogen-bond acceptors (Lipinski definition) is 4. The molecule has 2 aromatic rings. The van der Waals surface area contributed by atoms with Gasteiger partial charge in [0.1, 0.15) is 10.9 Å². The van der Waals surface area contributed by atoms with Crippen molar-refractivity contribution in [2.75, 3.05) is 7.11 Å². The van der Waals surface area contributed by atoms with Gasteiger partial charge in [0.05, 0.1) is 7.11 Å². The van der Waals surface area contributed by atoms with Gasteiger partial charge >= 0.3 is 5.97 Å². The van der Waals surface area contributed by atoms with E-state index in [4.69, 9.17) is 0 Å². The summed E-state index contributed by atoms with van der Waals surface area (Å²) in [6.07, 6.45) is 0. The lowest BCUT2D eigenvalue weighted by Crippen LogP contribution is -2.35. The summed E-state index contributed by atoms with van der Waals surface area (Å²) >= 11 is 0. The molecular weight excluding hydrogens is 347 g/mol. The fourth-order valence-electron chi connectivity index (χ4n) is 1.95. The molecule has 1 unspecified atom stereocenters. The van der Waals surface area contributed by atoms with Crippen LogP contribution >= 0.6 is 0 Å². The predicted octanol–water partition coefficient (Wildman–Crippen LogP) is 2.30. The highest BCUT2D eigenvalue weighted by molar-refractivity contribution is 7.89. The Balaban J connectivity index is 2.45. The van der Waals surface area contributed by atoms with Crippen LogP contribution in [-0.2, 0) is 19.6 Å². The number of halogens is 3. The lowest BCUT2D eigenvalue weighted by molar-refractivity contribution is -0.142. The lowest BCUT2D eigenvalue weighted by Gasteiger charge is -2.17. The van der Waals surface area contributed by atoms with Gasteiger partial charge in [-0.05, 0) is 17.7 Å². The number of sulfonamides is 1. The van der Waals surface area contributed by atoms with Crippen LogP contribution < -0.4 is 4.72 Å². The Morgan fingerprint density at radius 2 is 1.67 bits per heavy atom. The lowest BCUT2D eigenvalue weighted by atomic mass is 10.1. The quantitative estimate of drug-likeness (QED) is 0.657. The van der Waals surface area contributed by atoms with Crippen molar-refractivity contribution in [1.82, 2.24) is 4.72 Å². The smallest absolute Gasteiger partial charge is 0.328 e. The summed E-state index contributed by atoms with van der Waals surface area (Å²) in [5.41, 5.74) is 0.232. The van der Waals surface area contributed by atoms with Crippen molar-refractivity contribution in [3.05, 3.63) is 65.5 Å². The summed E-state index contributed by atoms with van der Waals surface area (Å²) in [7, 11) is -3.62. The highest BCUT2D eigenvalue weighted by atomic mass is 32.2. The molecule has 128 valence electrons. The van der Waals surface area contributed by atoms with E-state index in [0.717, 1.165) is 7.11 Å². The van der Waals surface area contributed by atoms with Gasteiger partial charge in [-0.1, -0.05) is 30.3 Å². The van der Waals surface area contributed by atoms with Gasteiger partial charge in [-0.2, -0.15) is 4.72 Å². The van der Waals surface area contributed by atoms with Crippen LogP contribution in [0.2, 0.25) is 0 Å². The van der Waals surface area contributed by atoms with Gasteiger partial charge in [0, 0.05) is 0 Å². The summed E-state index contributed by atoms with van der Waals surface area (Å²) in [6, 6.07) is 7.21. The Bertz CT molecular complexity index is 857. The Hall–Kier alpha value is -2.39. The fourth-order valence-corrected chi connectivity index (χ4v) is 3.19. The maximum atomic E-state index is 13.7. The monoisotopic (exact) mass is 359 g/mol. The van der Waals surface area contributed by atoms with Crippen molar-refractivity contribution >= 4 is 16.0 Å². The summed E-state index contributed by atoms with van der Waals surface area (Å²) < 4.78 is 71.0. The largest absolute Gasteiger partial charge is 0.468 e. The molecule has 0 saturated heterocycles. The van der Waals surface area contributed by atoms with Crippen LogP contribution in [0.25, 0.3) is 0 Å². The standard InChI is InChI=1S/C15H12F3NO4S/c1-23-15(20)14(9-5-3-2-4-6-9)19-24(21,22)11-8-7-10(16)12(17)13(11)18/h2-8,14,19H,1H3. The van der Waals surface area contributed by atoms with E-state index in [1.165, 1.54) is 12.1 Å². The van der Waals surface area contributed by atoms with E-state index in [-0.39, 0.29) is 5.56 Å². The third-order valence-corrected chi connectivity index (χ3v) is 4.57. The van der Waals surface area contributed by atoms with Crippen LogP contribution in [0, 0.1) is 17.5 Å². The maximum absolute atomic E-state index is 13.7. The number of esters is 1. The number of ether oxygens (including phenoxy) is 1. The second-order valence-electron chi connectivity index (χ2n) is 4.66. The van der Waals surface area contributed by atoms with Gasteiger partial charge in [0.25, 0.3) is 0 Å². The summed E-state index contributed by atoms with van der Waals surface area (Å²) in [6.45, 7) is 0. The van der Waals surface area contributed by atoms with E-state index in [9.17, 15) is 26.4 Å². The molecule has 0 saturated carbocycles. The minimum atomic E-state index is -4.67. The van der Waals surface area contributed by atoms with Crippen molar-refractivity contribution < 1.29 is 31.1 Å². The molecule has 1 atom stereocenters. The normalized spacial score (nSPS) is 12.7. The van der Waals surface area contributed by atoms with E-state index >= 15 is 0 Å². The van der Waals surface area contributed by atoms with E-state index < -0.39 is 44.4 Å². The molecule has 0 fully saturated rings. The number of nitrogens with one attached hydrogen (secondary N) is 1. The minimum absolute atomic E-state index is 0.232. The van der Waals surface area contributed by atoms with Gasteiger partial charge < -0.3 is 4.74 Å². The summed E-state index contributed by atoms with van der Waals surface area (Å²) in [5.74, 6) is -6.28. The molecule has 0 spiro atoms. The van der Waals surface area contributed by atoms with Crippen LogP contribution in [0.1, 0.15) is 11.6 Å². The number of methoxy groups -OCH3 is 1. The molecule has 0 aromatic heterocycles. The second-order valence-corrected chi connectivity index (χ2v) is 6.34. The molecule has 0 heterocycles. The average Bonchev–Trinajstić information content (AvgIpc) is 2.57. The molecule has 0 aliphatic carbocycles. The molecule has 2 aromatic carbocycles. The zero-order chi connectivity index (χ0) is 17.9. The maximum Gasteiger partial charge on any atom is 0.328 e. The molecule has 0 amide bonds. The van der Waals surface area contributed by atoms with Gasteiger partial charge in [-0.15, -0.1) is 0 Å². The zero-order valence-electron chi connectivity index (χ0n) is 12.3. The third kappa shape index (κ3) is 3.57. The first-order valence-electron chi connectivity index (χ1n) is 6.56. The van der Waals surface area contributed by atoms with Crippen molar-refractivity contribution in [3.63, 3.8) is 0 Å². The third-order valence-electron chi connectivity index (χ3n) is 3.13. The second kappa shape index (κ2) is 7.02. The minimum Gasteiger partial charge on any atom is -0.468 e. The Kier molecular flexibility index (Phi) is 5.25.